The van der Waals surface area contributed by atoms with Gasteiger partial charge in [-0.05, 0) is 6.42 Å². The lowest BCUT2D eigenvalue weighted by Crippen LogP contribution is -2.43. The van der Waals surface area contributed by atoms with E-state index in [0.717, 1.165) is 6.42 Å². The van der Waals surface area contributed by atoms with Gasteiger partial charge in [0.15, 0.2) is 0 Å². The summed E-state index contributed by atoms with van der Waals surface area (Å²) in [4.78, 5) is 24.4. The summed E-state index contributed by atoms with van der Waals surface area (Å²) in [6, 6.07) is 0. The van der Waals surface area contributed by atoms with Crippen molar-refractivity contribution in [3.05, 3.63) is 0 Å². The molecule has 4 heteroatoms. The summed E-state index contributed by atoms with van der Waals surface area (Å²) in [5.41, 5.74) is 0. The normalized spacial score (nSPS) is 23.6. The summed E-state index contributed by atoms with van der Waals surface area (Å²) in [5, 5.41) is 0. The van der Waals surface area contributed by atoms with Crippen LogP contribution in [0.4, 0.5) is 0 Å². The van der Waals surface area contributed by atoms with Gasteiger partial charge in [0.05, 0.1) is 13.7 Å². The molecule has 0 saturated carbocycles. The Kier molecular flexibility index (Phi) is 4.07. The van der Waals surface area contributed by atoms with Gasteiger partial charge >= 0.3 is 5.97 Å². The van der Waals surface area contributed by atoms with E-state index in [1.165, 1.54) is 7.11 Å². The minimum Gasteiger partial charge on any atom is -0.468 e. The van der Waals surface area contributed by atoms with Crippen LogP contribution in [0.1, 0.15) is 19.8 Å². The second kappa shape index (κ2) is 5.10. The van der Waals surface area contributed by atoms with Crippen molar-refractivity contribution in [2.45, 2.75) is 19.8 Å². The Balaban J connectivity index is 2.42. The highest BCUT2D eigenvalue weighted by atomic mass is 16.5. The predicted molar refractivity (Wildman–Crippen MR) is 51.9 cm³/mol. The van der Waals surface area contributed by atoms with Crippen LogP contribution in [0, 0.1) is 5.92 Å². The Morgan fingerprint density at radius 2 is 2.36 bits per heavy atom. The average Bonchev–Trinajstić information content (AvgIpc) is 2.20. The first-order valence-electron chi connectivity index (χ1n) is 4.99. The van der Waals surface area contributed by atoms with E-state index in [1.807, 2.05) is 11.8 Å². The molecule has 14 heavy (non-hydrogen) atoms. The van der Waals surface area contributed by atoms with E-state index in [9.17, 15) is 9.59 Å². The van der Waals surface area contributed by atoms with Crippen LogP contribution in [0.3, 0.4) is 0 Å². The highest BCUT2D eigenvalue weighted by Crippen LogP contribution is 2.15. The molecule has 0 aliphatic carbocycles. The molecule has 0 spiro atoms. The zero-order chi connectivity index (χ0) is 10.6. The third kappa shape index (κ3) is 2.80. The summed E-state index contributed by atoms with van der Waals surface area (Å²) in [6.45, 7) is 3.69. The molecule has 1 fully saturated rings. The predicted octanol–water partition coefficient (Wildman–Crippen LogP) is 0.460. The molecular formula is C10H17NO3. The van der Waals surface area contributed by atoms with E-state index >= 15 is 0 Å². The van der Waals surface area contributed by atoms with Crippen LogP contribution >= 0.6 is 0 Å². The summed E-state index contributed by atoms with van der Waals surface area (Å²) in [6.07, 6.45) is 1.42. The lowest BCUT2D eigenvalue weighted by Gasteiger charge is -2.30. The number of rotatable bonds is 3. The van der Waals surface area contributed by atoms with Crippen LogP contribution in [0.2, 0.25) is 0 Å². The number of hydrogen-bond donors (Lipinski definition) is 0. The zero-order valence-corrected chi connectivity index (χ0v) is 8.78. The molecule has 0 aromatic heterocycles. The number of carbonyl (C=O) groups is 2. The maximum Gasteiger partial charge on any atom is 0.319 e. The molecule has 0 bridgehead atoms. The minimum atomic E-state index is -0.228. The van der Waals surface area contributed by atoms with Crippen LogP contribution in [0.15, 0.2) is 0 Å². The Labute approximate surface area is 84.2 Å². The number of likely N-dealkylation sites (tertiary alicyclic amines) is 1. The van der Waals surface area contributed by atoms with Gasteiger partial charge in [0.25, 0.3) is 0 Å². The van der Waals surface area contributed by atoms with Gasteiger partial charge in [0.1, 0.15) is 5.78 Å². The van der Waals surface area contributed by atoms with E-state index in [4.69, 9.17) is 0 Å². The maximum atomic E-state index is 11.4. The van der Waals surface area contributed by atoms with Crippen LogP contribution in [0.5, 0.6) is 0 Å². The van der Waals surface area contributed by atoms with Gasteiger partial charge in [0.2, 0.25) is 0 Å². The molecule has 1 rings (SSSR count). The number of Topliss-reactive ketones (excluding diaryl/α,β-unsaturated/α-hetero) is 1. The molecule has 4 nitrogen and oxygen atoms in total. The fourth-order valence-corrected chi connectivity index (χ4v) is 1.72. The fraction of sp³-hybridized carbons (Fsp3) is 0.800. The highest BCUT2D eigenvalue weighted by Gasteiger charge is 2.26. The summed E-state index contributed by atoms with van der Waals surface area (Å²) in [5.74, 6) is 0.205. The van der Waals surface area contributed by atoms with Crippen molar-refractivity contribution in [1.29, 1.82) is 0 Å². The number of ketones is 1. The lowest BCUT2D eigenvalue weighted by atomic mass is 9.94. The Morgan fingerprint density at radius 1 is 1.64 bits per heavy atom. The zero-order valence-electron chi connectivity index (χ0n) is 8.78. The summed E-state index contributed by atoms with van der Waals surface area (Å²) in [7, 11) is 1.38. The number of carbonyl (C=O) groups excluding carboxylic acids is 2. The van der Waals surface area contributed by atoms with Crippen molar-refractivity contribution < 1.29 is 14.3 Å². The van der Waals surface area contributed by atoms with Gasteiger partial charge in [-0.3, -0.25) is 14.5 Å². The van der Waals surface area contributed by atoms with Crippen LogP contribution in [-0.4, -0.2) is 43.4 Å². The first-order chi connectivity index (χ1) is 6.67. The number of esters is 1. The topological polar surface area (TPSA) is 46.6 Å². The molecule has 1 atom stereocenters. The second-order valence-corrected chi connectivity index (χ2v) is 3.63. The van der Waals surface area contributed by atoms with Gasteiger partial charge in [-0.2, -0.15) is 0 Å². The van der Waals surface area contributed by atoms with Crippen LogP contribution in [0.25, 0.3) is 0 Å². The van der Waals surface area contributed by atoms with Gasteiger partial charge in [-0.1, -0.05) is 6.92 Å². The molecule has 0 N–H and O–H groups in total. The van der Waals surface area contributed by atoms with E-state index < -0.39 is 0 Å². The van der Waals surface area contributed by atoms with Crippen molar-refractivity contribution in [2.24, 2.45) is 5.92 Å². The van der Waals surface area contributed by atoms with Crippen molar-refractivity contribution in [3.8, 4) is 0 Å². The molecule has 1 unspecified atom stereocenters. The van der Waals surface area contributed by atoms with Gasteiger partial charge in [-0.25, -0.2) is 0 Å². The number of piperidine rings is 1. The van der Waals surface area contributed by atoms with E-state index in [0.29, 0.717) is 31.8 Å². The van der Waals surface area contributed by atoms with Crippen LogP contribution < -0.4 is 0 Å². The smallest absolute Gasteiger partial charge is 0.319 e. The van der Waals surface area contributed by atoms with Crippen molar-refractivity contribution in [1.82, 2.24) is 4.90 Å². The molecule has 1 saturated heterocycles. The first kappa shape index (κ1) is 11.2. The van der Waals surface area contributed by atoms with E-state index in [-0.39, 0.29) is 11.9 Å². The third-order valence-electron chi connectivity index (χ3n) is 2.68. The molecule has 0 radical (unpaired) electrons. The van der Waals surface area contributed by atoms with Gasteiger partial charge in [-0.15, -0.1) is 0 Å². The van der Waals surface area contributed by atoms with Gasteiger partial charge in [0, 0.05) is 25.4 Å². The monoisotopic (exact) mass is 199 g/mol. The van der Waals surface area contributed by atoms with Crippen molar-refractivity contribution in [3.63, 3.8) is 0 Å². The first-order valence-corrected chi connectivity index (χ1v) is 4.99. The molecule has 1 aliphatic heterocycles. The number of ether oxygens (including phenoxy) is 1. The van der Waals surface area contributed by atoms with Crippen molar-refractivity contribution in [2.75, 3.05) is 26.7 Å². The highest BCUT2D eigenvalue weighted by molar-refractivity contribution is 5.82. The lowest BCUT2D eigenvalue weighted by molar-refractivity contribution is -0.143. The third-order valence-corrected chi connectivity index (χ3v) is 2.68. The Bertz CT molecular complexity index is 227. The SMILES string of the molecule is CCC1CN(CC(=O)OC)CCC1=O. The van der Waals surface area contributed by atoms with Gasteiger partial charge < -0.3 is 4.74 Å². The van der Waals surface area contributed by atoms with Crippen LogP contribution in [-0.2, 0) is 14.3 Å². The maximum absolute atomic E-state index is 11.4. The molecule has 0 aromatic rings. The van der Waals surface area contributed by atoms with E-state index in [1.54, 1.807) is 0 Å². The van der Waals surface area contributed by atoms with E-state index in [2.05, 4.69) is 4.74 Å². The molecule has 1 heterocycles. The molecule has 1 aliphatic rings. The Morgan fingerprint density at radius 3 is 2.93 bits per heavy atom. The Hall–Kier alpha value is -0.900. The average molecular weight is 199 g/mol. The molecule has 0 aromatic carbocycles. The number of methoxy groups -OCH3 is 1. The minimum absolute atomic E-state index is 0.105. The standard InChI is InChI=1S/C10H17NO3/c1-3-8-6-11(5-4-9(8)12)7-10(13)14-2/h8H,3-7H2,1-2H3. The summed E-state index contributed by atoms with van der Waals surface area (Å²) >= 11 is 0. The molecule has 0 amide bonds. The van der Waals surface area contributed by atoms with Crippen molar-refractivity contribution >= 4 is 11.8 Å². The summed E-state index contributed by atoms with van der Waals surface area (Å²) < 4.78 is 4.58. The molecule has 80 valence electrons. The number of hydrogen-bond acceptors (Lipinski definition) is 4. The molecular weight excluding hydrogens is 182 g/mol. The fourth-order valence-electron chi connectivity index (χ4n) is 1.72. The number of nitrogens with zero attached hydrogens (tertiary/aromatic N) is 1. The second-order valence-electron chi connectivity index (χ2n) is 3.63. The largest absolute Gasteiger partial charge is 0.468 e. The quantitative estimate of drug-likeness (QED) is 0.619.